The summed E-state index contributed by atoms with van der Waals surface area (Å²) in [6.07, 6.45) is 0. The van der Waals surface area contributed by atoms with E-state index in [2.05, 4.69) is 187 Å². The van der Waals surface area contributed by atoms with Crippen LogP contribution < -0.4 is 5.56 Å². The fourth-order valence-corrected chi connectivity index (χ4v) is 9.32. The van der Waals surface area contributed by atoms with Gasteiger partial charge in [0.05, 0.1) is 22.1 Å². The summed E-state index contributed by atoms with van der Waals surface area (Å²) in [5.41, 5.74) is 14.6. The normalized spacial score (nSPS) is 11.9. The third-order valence-electron chi connectivity index (χ3n) is 12.1. The molecule has 0 saturated carbocycles. The van der Waals surface area contributed by atoms with Gasteiger partial charge in [0, 0.05) is 38.0 Å². The van der Waals surface area contributed by atoms with Crippen LogP contribution in [0.5, 0.6) is 0 Å². The number of nitrogens with zero attached hydrogens (tertiary/aromatic N) is 2. The summed E-state index contributed by atoms with van der Waals surface area (Å²) in [6, 6.07) is 73.4. The standard InChI is InChI=1S/C55H34N2O/c58-55-48-21-5-4-18-44(48)49-32-42(33-50-47-29-28-41(35-12-2-1-3-13-35)34-53(47)57(55)54(49)50)39-15-10-14-38(30-39)36-24-26-37(27-25-36)40-16-11-17-43(31-40)56-51-22-8-6-19-45(51)46-20-7-9-23-52(46)56/h1-34H. The number of pyridine rings is 1. The van der Waals surface area contributed by atoms with Gasteiger partial charge in [0.25, 0.3) is 5.56 Å². The second-order valence-electron chi connectivity index (χ2n) is 15.3. The second-order valence-corrected chi connectivity index (χ2v) is 15.3. The van der Waals surface area contributed by atoms with Crippen LogP contribution in [-0.4, -0.2) is 8.97 Å². The SMILES string of the molecule is O=c1c2ccccc2c2cc(-c3cccc(-c4ccc(-c5cccc(-n6c7ccccc7c7ccccc76)c5)cc4)c3)cc3c4ccc(-c5ccccc5)cc4n1c23. The maximum Gasteiger partial charge on any atom is 0.263 e. The molecule has 58 heavy (non-hydrogen) atoms. The van der Waals surface area contributed by atoms with E-state index in [1.54, 1.807) is 0 Å². The van der Waals surface area contributed by atoms with Gasteiger partial charge < -0.3 is 4.57 Å². The van der Waals surface area contributed by atoms with E-state index < -0.39 is 0 Å². The van der Waals surface area contributed by atoms with Crippen LogP contribution in [-0.2, 0) is 0 Å². The zero-order valence-electron chi connectivity index (χ0n) is 31.4. The zero-order valence-corrected chi connectivity index (χ0v) is 31.4. The van der Waals surface area contributed by atoms with Crippen LogP contribution in [0.15, 0.2) is 211 Å². The van der Waals surface area contributed by atoms with Gasteiger partial charge >= 0.3 is 0 Å². The number of aromatic nitrogens is 2. The van der Waals surface area contributed by atoms with Crippen molar-refractivity contribution in [1.29, 1.82) is 0 Å². The Morgan fingerprint density at radius 3 is 1.43 bits per heavy atom. The molecule has 0 aliphatic rings. The topological polar surface area (TPSA) is 26.4 Å². The Bertz CT molecular complexity index is 3580. The Morgan fingerprint density at radius 2 is 0.741 bits per heavy atom. The summed E-state index contributed by atoms with van der Waals surface area (Å²) in [7, 11) is 0. The molecule has 12 aromatic rings. The lowest BCUT2D eigenvalue weighted by atomic mass is 9.94. The minimum absolute atomic E-state index is 0.0185. The number of fused-ring (bicyclic) bond motifs is 8. The monoisotopic (exact) mass is 738 g/mol. The molecule has 9 aromatic carbocycles. The minimum atomic E-state index is 0.0185. The first-order chi connectivity index (χ1) is 28.7. The molecule has 0 spiro atoms. The summed E-state index contributed by atoms with van der Waals surface area (Å²) < 4.78 is 4.31. The Hall–Kier alpha value is -7.75. The molecule has 0 bridgehead atoms. The highest BCUT2D eigenvalue weighted by molar-refractivity contribution is 6.22. The van der Waals surface area contributed by atoms with Gasteiger partial charge in [0.1, 0.15) is 0 Å². The van der Waals surface area contributed by atoms with Crippen LogP contribution in [0.1, 0.15) is 0 Å². The van der Waals surface area contributed by atoms with Gasteiger partial charge in [-0.05, 0) is 104 Å². The van der Waals surface area contributed by atoms with Crippen LogP contribution in [0, 0.1) is 0 Å². The first kappa shape index (κ1) is 32.5. The molecule has 12 rings (SSSR count). The number of benzene rings is 9. The van der Waals surface area contributed by atoms with Gasteiger partial charge in [-0.3, -0.25) is 9.20 Å². The molecule has 0 N–H and O–H groups in total. The molecule has 3 heteroatoms. The van der Waals surface area contributed by atoms with E-state index >= 15 is 0 Å². The molecule has 0 aliphatic heterocycles. The number of para-hydroxylation sites is 2. The van der Waals surface area contributed by atoms with Crippen molar-refractivity contribution in [1.82, 2.24) is 8.97 Å². The highest BCUT2D eigenvalue weighted by Crippen LogP contribution is 2.40. The molecule has 3 aromatic heterocycles. The summed E-state index contributed by atoms with van der Waals surface area (Å²) in [5, 5.41) is 7.48. The first-order valence-corrected chi connectivity index (χ1v) is 19.8. The zero-order chi connectivity index (χ0) is 38.3. The molecule has 0 radical (unpaired) electrons. The van der Waals surface area contributed by atoms with E-state index in [-0.39, 0.29) is 5.56 Å². The molecule has 3 heterocycles. The third-order valence-corrected chi connectivity index (χ3v) is 12.1. The van der Waals surface area contributed by atoms with E-state index in [4.69, 9.17) is 0 Å². The number of rotatable bonds is 5. The summed E-state index contributed by atoms with van der Waals surface area (Å²) in [5.74, 6) is 0. The molecular weight excluding hydrogens is 705 g/mol. The van der Waals surface area contributed by atoms with Gasteiger partial charge in [-0.25, -0.2) is 0 Å². The van der Waals surface area contributed by atoms with Crippen LogP contribution in [0.25, 0.3) is 110 Å². The highest BCUT2D eigenvalue weighted by Gasteiger charge is 2.20. The van der Waals surface area contributed by atoms with Gasteiger partial charge in [0.2, 0.25) is 0 Å². The molecule has 3 nitrogen and oxygen atoms in total. The Kier molecular flexibility index (Phi) is 7.08. The maximum atomic E-state index is 14.2. The molecule has 0 unspecified atom stereocenters. The van der Waals surface area contributed by atoms with Gasteiger partial charge in [-0.15, -0.1) is 0 Å². The smallest absolute Gasteiger partial charge is 0.263 e. The molecule has 0 fully saturated rings. The number of hydrogen-bond acceptors (Lipinski definition) is 1. The molecular formula is C55H34N2O. The summed E-state index contributed by atoms with van der Waals surface area (Å²) >= 11 is 0. The summed E-state index contributed by atoms with van der Waals surface area (Å²) in [4.78, 5) is 14.2. The van der Waals surface area contributed by atoms with Gasteiger partial charge in [-0.1, -0.05) is 152 Å². The predicted octanol–water partition coefficient (Wildman–Crippen LogP) is 14.0. The minimum Gasteiger partial charge on any atom is -0.309 e. The lowest BCUT2D eigenvalue weighted by Crippen LogP contribution is -2.12. The van der Waals surface area contributed by atoms with Crippen LogP contribution >= 0.6 is 0 Å². The van der Waals surface area contributed by atoms with Crippen molar-refractivity contribution < 1.29 is 0 Å². The lowest BCUT2D eigenvalue weighted by molar-refractivity contribution is 1.18. The largest absolute Gasteiger partial charge is 0.309 e. The van der Waals surface area contributed by atoms with Gasteiger partial charge in [-0.2, -0.15) is 0 Å². The van der Waals surface area contributed by atoms with E-state index in [1.807, 2.05) is 28.7 Å². The first-order valence-electron chi connectivity index (χ1n) is 19.8. The van der Waals surface area contributed by atoms with Crippen LogP contribution in [0.3, 0.4) is 0 Å². The third kappa shape index (κ3) is 4.90. The molecule has 0 aliphatic carbocycles. The molecule has 0 atom stereocenters. The lowest BCUT2D eigenvalue weighted by Gasteiger charge is -2.12. The summed E-state index contributed by atoms with van der Waals surface area (Å²) in [6.45, 7) is 0. The molecule has 0 saturated heterocycles. The van der Waals surface area contributed by atoms with Crippen LogP contribution in [0.4, 0.5) is 0 Å². The van der Waals surface area contributed by atoms with Crippen molar-refractivity contribution >= 4 is 59.8 Å². The Balaban J connectivity index is 0.950. The van der Waals surface area contributed by atoms with E-state index in [1.165, 1.54) is 32.9 Å². The van der Waals surface area contributed by atoms with E-state index in [9.17, 15) is 4.79 Å². The van der Waals surface area contributed by atoms with Gasteiger partial charge in [0.15, 0.2) is 0 Å². The quantitative estimate of drug-likeness (QED) is 0.162. The predicted molar refractivity (Wildman–Crippen MR) is 243 cm³/mol. The van der Waals surface area contributed by atoms with Crippen molar-refractivity contribution in [3.8, 4) is 50.2 Å². The number of hydrogen-bond donors (Lipinski definition) is 0. The van der Waals surface area contributed by atoms with E-state index in [0.29, 0.717) is 0 Å². The maximum absolute atomic E-state index is 14.2. The van der Waals surface area contributed by atoms with Crippen molar-refractivity contribution in [2.24, 2.45) is 0 Å². The Morgan fingerprint density at radius 1 is 0.276 bits per heavy atom. The fraction of sp³-hybridized carbons (Fsp3) is 0. The van der Waals surface area contributed by atoms with Crippen LogP contribution in [0.2, 0.25) is 0 Å². The fourth-order valence-electron chi connectivity index (χ4n) is 9.32. The van der Waals surface area contributed by atoms with Crippen molar-refractivity contribution in [3.63, 3.8) is 0 Å². The van der Waals surface area contributed by atoms with Crippen molar-refractivity contribution in [3.05, 3.63) is 217 Å². The second kappa shape index (κ2) is 12.6. The Labute approximate surface area is 334 Å². The highest BCUT2D eigenvalue weighted by atomic mass is 16.1. The van der Waals surface area contributed by atoms with E-state index in [0.717, 1.165) is 77.0 Å². The van der Waals surface area contributed by atoms with Crippen molar-refractivity contribution in [2.75, 3.05) is 0 Å². The average molecular weight is 739 g/mol. The molecule has 0 amide bonds. The molecule has 270 valence electrons. The average Bonchev–Trinajstić information content (AvgIpc) is 3.81. The van der Waals surface area contributed by atoms with Crippen molar-refractivity contribution in [2.45, 2.75) is 0 Å².